The average Bonchev–Trinajstić information content (AvgIpc) is 2.72. The lowest BCUT2D eigenvalue weighted by molar-refractivity contribution is 0.0903. The number of hydrogen-bond donors (Lipinski definition) is 5. The van der Waals surface area contributed by atoms with Crippen molar-refractivity contribution in [3.63, 3.8) is 0 Å². The number of nitrogen functional groups attached to an aromatic ring is 1. The Labute approximate surface area is 179 Å². The molecule has 0 atom stereocenters. The van der Waals surface area contributed by atoms with Crippen LogP contribution >= 0.6 is 11.6 Å². The molecule has 30 heavy (non-hydrogen) atoms. The molecule has 1 saturated heterocycles. The zero-order valence-corrected chi connectivity index (χ0v) is 17.2. The average molecular weight is 436 g/mol. The first kappa shape index (κ1) is 22.0. The largest absolute Gasteiger partial charge is 0.508 e. The number of likely N-dealkylation sites (tertiary alicyclic amines) is 1. The van der Waals surface area contributed by atoms with Crippen LogP contribution < -0.4 is 15.8 Å². The van der Waals surface area contributed by atoms with E-state index in [1.165, 1.54) is 18.2 Å². The van der Waals surface area contributed by atoms with Gasteiger partial charge in [-0.15, -0.1) is 0 Å². The number of carbonyl (C=O) groups excluding carboxylic acids is 1. The molecule has 1 amide bonds. The van der Waals surface area contributed by atoms with Gasteiger partial charge in [-0.3, -0.25) is 9.69 Å². The van der Waals surface area contributed by atoms with Crippen molar-refractivity contribution in [3.8, 4) is 17.2 Å². The first-order valence-corrected chi connectivity index (χ1v) is 10.1. The maximum Gasteiger partial charge on any atom is 0.255 e. The molecule has 1 aliphatic rings. The van der Waals surface area contributed by atoms with Crippen LogP contribution in [0.4, 0.5) is 5.69 Å². The summed E-state index contributed by atoms with van der Waals surface area (Å²) in [6, 6.07) is 7.54. The van der Waals surface area contributed by atoms with Gasteiger partial charge in [0.15, 0.2) is 0 Å². The number of piperidine rings is 1. The lowest BCUT2D eigenvalue weighted by atomic mass is 10.0. The number of aliphatic hydroxyl groups is 1. The van der Waals surface area contributed by atoms with Gasteiger partial charge < -0.3 is 31.1 Å². The van der Waals surface area contributed by atoms with Crippen molar-refractivity contribution in [3.05, 3.63) is 46.5 Å². The van der Waals surface area contributed by atoms with E-state index >= 15 is 0 Å². The molecule has 162 valence electrons. The molecule has 9 heteroatoms. The highest BCUT2D eigenvalue weighted by molar-refractivity contribution is 6.33. The molecule has 3 rings (SSSR count). The number of aliphatic hydroxyl groups excluding tert-OH is 1. The van der Waals surface area contributed by atoms with E-state index in [4.69, 9.17) is 27.2 Å². The second-order valence-corrected chi connectivity index (χ2v) is 7.69. The Hall–Kier alpha value is -2.68. The molecule has 1 aliphatic heterocycles. The molecule has 2 aromatic carbocycles. The van der Waals surface area contributed by atoms with Gasteiger partial charge in [0.2, 0.25) is 0 Å². The summed E-state index contributed by atoms with van der Waals surface area (Å²) in [7, 11) is 0. The predicted molar refractivity (Wildman–Crippen MR) is 114 cm³/mol. The second kappa shape index (κ2) is 9.88. The number of benzene rings is 2. The molecule has 0 radical (unpaired) electrons. The number of hydrogen-bond acceptors (Lipinski definition) is 7. The van der Waals surface area contributed by atoms with Crippen molar-refractivity contribution in [1.29, 1.82) is 0 Å². The fourth-order valence-corrected chi connectivity index (χ4v) is 3.61. The minimum Gasteiger partial charge on any atom is -0.508 e. The number of amides is 1. The number of anilines is 1. The number of phenols is 2. The van der Waals surface area contributed by atoms with Crippen LogP contribution in [0.1, 0.15) is 28.8 Å². The molecule has 0 spiro atoms. The first-order valence-electron chi connectivity index (χ1n) is 9.74. The molecule has 0 aliphatic carbocycles. The highest BCUT2D eigenvalue weighted by Gasteiger charge is 2.24. The number of halogens is 1. The van der Waals surface area contributed by atoms with E-state index in [1.807, 2.05) is 0 Å². The van der Waals surface area contributed by atoms with Crippen molar-refractivity contribution in [2.45, 2.75) is 25.4 Å². The van der Waals surface area contributed by atoms with Gasteiger partial charge >= 0.3 is 0 Å². The molecular weight excluding hydrogens is 410 g/mol. The molecule has 0 aromatic heterocycles. The minimum atomic E-state index is -0.306. The first-order chi connectivity index (χ1) is 14.4. The summed E-state index contributed by atoms with van der Waals surface area (Å²) in [5, 5.41) is 31.6. The quantitative estimate of drug-likeness (QED) is 0.421. The fraction of sp³-hybridized carbons (Fsp3) is 0.381. The standard InChI is InChI=1S/C21H26ClN3O5/c22-17-10-16(20(11-18(17)23)30-8-7-26)21(29)24-14-3-5-25(6-4-14)12-13-1-2-15(27)9-19(13)28/h1-2,9-11,14,26-28H,3-8,12,23H2,(H,24,29). The van der Waals surface area contributed by atoms with E-state index in [-0.39, 0.29) is 53.0 Å². The van der Waals surface area contributed by atoms with Crippen LogP contribution in [0.5, 0.6) is 17.2 Å². The van der Waals surface area contributed by atoms with Gasteiger partial charge in [0.1, 0.15) is 23.9 Å². The van der Waals surface area contributed by atoms with Crippen LogP contribution in [0.3, 0.4) is 0 Å². The van der Waals surface area contributed by atoms with Gasteiger partial charge in [0, 0.05) is 43.4 Å². The molecule has 0 saturated carbocycles. The van der Waals surface area contributed by atoms with Crippen molar-refractivity contribution >= 4 is 23.2 Å². The van der Waals surface area contributed by atoms with Crippen LogP contribution in [0.25, 0.3) is 0 Å². The minimum absolute atomic E-state index is 0.0100. The Balaban J connectivity index is 1.58. The lowest BCUT2D eigenvalue weighted by Gasteiger charge is -2.32. The summed E-state index contributed by atoms with van der Waals surface area (Å²) < 4.78 is 5.44. The van der Waals surface area contributed by atoms with Crippen LogP contribution in [0.2, 0.25) is 5.02 Å². The van der Waals surface area contributed by atoms with Gasteiger partial charge in [-0.1, -0.05) is 17.7 Å². The normalized spacial score (nSPS) is 15.1. The topological polar surface area (TPSA) is 128 Å². The predicted octanol–water partition coefficient (Wildman–Crippen LogP) is 2.10. The Morgan fingerprint density at radius 2 is 1.97 bits per heavy atom. The van der Waals surface area contributed by atoms with Crippen LogP contribution in [0, 0.1) is 0 Å². The zero-order valence-electron chi connectivity index (χ0n) is 16.5. The molecule has 6 N–H and O–H groups in total. The smallest absolute Gasteiger partial charge is 0.255 e. The van der Waals surface area contributed by atoms with E-state index in [0.717, 1.165) is 31.5 Å². The number of aromatic hydroxyl groups is 2. The van der Waals surface area contributed by atoms with E-state index in [0.29, 0.717) is 12.2 Å². The van der Waals surface area contributed by atoms with Crippen LogP contribution in [0.15, 0.2) is 30.3 Å². The van der Waals surface area contributed by atoms with E-state index < -0.39 is 0 Å². The highest BCUT2D eigenvalue weighted by Crippen LogP contribution is 2.30. The SMILES string of the molecule is Nc1cc(OCCO)c(C(=O)NC2CCN(Cc3ccc(O)cc3O)CC2)cc1Cl. The second-order valence-electron chi connectivity index (χ2n) is 7.28. The number of nitrogens with two attached hydrogens (primary N) is 1. The van der Waals surface area contributed by atoms with Gasteiger partial charge in [-0.05, 0) is 25.0 Å². The summed E-state index contributed by atoms with van der Waals surface area (Å²) in [4.78, 5) is 15.0. The van der Waals surface area contributed by atoms with Gasteiger partial charge in [-0.2, -0.15) is 0 Å². The fourth-order valence-electron chi connectivity index (χ4n) is 3.45. The number of rotatable bonds is 7. The molecule has 1 heterocycles. The van der Waals surface area contributed by atoms with Gasteiger partial charge in [-0.25, -0.2) is 0 Å². The maximum atomic E-state index is 12.8. The lowest BCUT2D eigenvalue weighted by Crippen LogP contribution is -2.44. The van der Waals surface area contributed by atoms with Crippen molar-refractivity contribution in [2.24, 2.45) is 0 Å². The number of phenolic OH excluding ortho intramolecular Hbond substituents is 2. The van der Waals surface area contributed by atoms with Gasteiger partial charge in [0.25, 0.3) is 5.91 Å². The molecule has 0 unspecified atom stereocenters. The maximum absolute atomic E-state index is 12.8. The van der Waals surface area contributed by atoms with Crippen LogP contribution in [-0.4, -0.2) is 58.5 Å². The van der Waals surface area contributed by atoms with E-state index in [1.54, 1.807) is 12.1 Å². The molecule has 0 bridgehead atoms. The Morgan fingerprint density at radius 1 is 1.23 bits per heavy atom. The number of carbonyl (C=O) groups is 1. The van der Waals surface area contributed by atoms with Crippen molar-refractivity contribution in [2.75, 3.05) is 32.0 Å². The highest BCUT2D eigenvalue weighted by atomic mass is 35.5. The van der Waals surface area contributed by atoms with Crippen molar-refractivity contribution < 1.29 is 24.9 Å². The number of nitrogens with zero attached hydrogens (tertiary/aromatic N) is 1. The van der Waals surface area contributed by atoms with E-state index in [9.17, 15) is 15.0 Å². The molecular formula is C21H26ClN3O5. The van der Waals surface area contributed by atoms with E-state index in [2.05, 4.69) is 10.2 Å². The number of nitrogens with one attached hydrogen (secondary N) is 1. The molecule has 8 nitrogen and oxygen atoms in total. The summed E-state index contributed by atoms with van der Waals surface area (Å²) in [5.74, 6) is 0.0759. The summed E-state index contributed by atoms with van der Waals surface area (Å²) in [6.07, 6.45) is 1.50. The Bertz CT molecular complexity index is 900. The third-order valence-corrected chi connectivity index (χ3v) is 5.41. The van der Waals surface area contributed by atoms with Crippen molar-refractivity contribution in [1.82, 2.24) is 10.2 Å². The van der Waals surface area contributed by atoms with Gasteiger partial charge in [0.05, 0.1) is 22.9 Å². The molecule has 2 aromatic rings. The molecule has 1 fully saturated rings. The number of ether oxygens (including phenoxy) is 1. The third-order valence-electron chi connectivity index (χ3n) is 5.08. The zero-order chi connectivity index (χ0) is 21.7. The summed E-state index contributed by atoms with van der Waals surface area (Å²) in [5.41, 5.74) is 7.12. The third kappa shape index (κ3) is 5.47. The Kier molecular flexibility index (Phi) is 7.25. The Morgan fingerprint density at radius 3 is 2.63 bits per heavy atom. The summed E-state index contributed by atoms with van der Waals surface area (Å²) in [6.45, 7) is 1.94. The monoisotopic (exact) mass is 435 g/mol. The summed E-state index contributed by atoms with van der Waals surface area (Å²) >= 11 is 6.07. The van der Waals surface area contributed by atoms with Crippen LogP contribution in [-0.2, 0) is 6.54 Å².